The highest BCUT2D eigenvalue weighted by atomic mass is 16.5. The Labute approximate surface area is 151 Å². The molecular formula is C22H33NO2. The van der Waals surface area contributed by atoms with E-state index in [0.717, 1.165) is 19.1 Å². The first-order valence-corrected chi connectivity index (χ1v) is 10.7. The Morgan fingerprint density at radius 2 is 2.00 bits per heavy atom. The normalized spacial score (nSPS) is 60.1. The molecule has 4 aliphatic carbocycles. The Kier molecular flexibility index (Phi) is 2.95. The Hall–Kier alpha value is -0.380. The molecule has 2 saturated heterocycles. The molecule has 2 heterocycles. The molecule has 0 aromatic rings. The van der Waals surface area contributed by atoms with E-state index in [1.54, 1.807) is 0 Å². The number of piperidine rings is 1. The van der Waals surface area contributed by atoms with Crippen molar-refractivity contribution in [1.82, 2.24) is 4.90 Å². The first-order valence-electron chi connectivity index (χ1n) is 10.7. The van der Waals surface area contributed by atoms with E-state index in [0.29, 0.717) is 28.9 Å². The van der Waals surface area contributed by atoms with Crippen LogP contribution in [0.2, 0.25) is 0 Å². The van der Waals surface area contributed by atoms with Crippen LogP contribution in [0.5, 0.6) is 0 Å². The predicted molar refractivity (Wildman–Crippen MR) is 96.8 cm³/mol. The number of hydrogen-bond donors (Lipinski definition) is 1. The molecule has 0 radical (unpaired) electrons. The summed E-state index contributed by atoms with van der Waals surface area (Å²) < 4.78 is 6.29. The maximum Gasteiger partial charge on any atom is 0.116 e. The Morgan fingerprint density at radius 1 is 1.12 bits per heavy atom. The predicted octanol–water partition coefficient (Wildman–Crippen LogP) is 3.58. The van der Waals surface area contributed by atoms with Crippen molar-refractivity contribution >= 4 is 0 Å². The molecule has 1 spiro atoms. The van der Waals surface area contributed by atoms with Crippen molar-refractivity contribution in [2.45, 2.75) is 70.6 Å². The molecular weight excluding hydrogens is 310 g/mol. The van der Waals surface area contributed by atoms with Gasteiger partial charge in [-0.25, -0.2) is 0 Å². The van der Waals surface area contributed by atoms with E-state index < -0.39 is 0 Å². The standard InChI is InChI=1S/C22H33NO2/c1-14-15-4-5-17-21(12-15,18(14)24)9-6-16-20(2)7-3-8-22(16,17)13-23-10-11-25-19(20)23/h15-19,24H,1,3-13H2,2H3/t15-,16+,17+,18-,19?,20+,21?,22?/m0/s1. The van der Waals surface area contributed by atoms with E-state index in [9.17, 15) is 5.11 Å². The quantitative estimate of drug-likeness (QED) is 0.683. The molecule has 0 aromatic heterocycles. The molecule has 0 amide bonds. The largest absolute Gasteiger partial charge is 0.388 e. The summed E-state index contributed by atoms with van der Waals surface area (Å²) in [4.78, 5) is 2.69. The molecule has 3 unspecified atom stereocenters. The maximum atomic E-state index is 11.3. The van der Waals surface area contributed by atoms with Crippen LogP contribution >= 0.6 is 0 Å². The summed E-state index contributed by atoms with van der Waals surface area (Å²) in [5.41, 5.74) is 2.08. The van der Waals surface area contributed by atoms with E-state index >= 15 is 0 Å². The minimum atomic E-state index is -0.235. The number of fused-ring (bicyclic) bond motifs is 3. The van der Waals surface area contributed by atoms with Crippen molar-refractivity contribution in [2.24, 2.45) is 34.0 Å². The molecule has 4 saturated carbocycles. The van der Waals surface area contributed by atoms with E-state index in [-0.39, 0.29) is 11.5 Å². The molecule has 3 nitrogen and oxygen atoms in total. The summed E-state index contributed by atoms with van der Waals surface area (Å²) in [6.45, 7) is 10.1. The van der Waals surface area contributed by atoms with Gasteiger partial charge in [0.2, 0.25) is 0 Å². The minimum Gasteiger partial charge on any atom is -0.388 e. The Morgan fingerprint density at radius 3 is 2.88 bits per heavy atom. The summed E-state index contributed by atoms with van der Waals surface area (Å²) in [7, 11) is 0. The number of ether oxygens (including phenoxy) is 1. The van der Waals surface area contributed by atoms with Crippen LogP contribution in [-0.4, -0.2) is 42.0 Å². The SMILES string of the molecule is C=C1[C@H]2CC[C@@H]3C(CC[C@H]4C35CCC[C@@]4(C)C3OCCN3C5)(C2)[C@H]1O. The summed E-state index contributed by atoms with van der Waals surface area (Å²) in [6, 6.07) is 0. The summed E-state index contributed by atoms with van der Waals surface area (Å²) in [6.07, 6.45) is 10.5. The molecule has 4 bridgehead atoms. The topological polar surface area (TPSA) is 32.7 Å². The fourth-order valence-corrected chi connectivity index (χ4v) is 9.34. The van der Waals surface area contributed by atoms with Crippen LogP contribution in [0, 0.1) is 34.0 Å². The van der Waals surface area contributed by atoms with Gasteiger partial charge in [-0.05, 0) is 73.7 Å². The number of aliphatic hydroxyl groups excluding tert-OH is 1. The van der Waals surface area contributed by atoms with Crippen LogP contribution in [0.15, 0.2) is 12.2 Å². The van der Waals surface area contributed by atoms with Crippen LogP contribution in [0.3, 0.4) is 0 Å². The van der Waals surface area contributed by atoms with Gasteiger partial charge in [0.1, 0.15) is 6.23 Å². The summed E-state index contributed by atoms with van der Waals surface area (Å²) >= 11 is 0. The number of aliphatic hydroxyl groups is 1. The van der Waals surface area contributed by atoms with Gasteiger partial charge in [-0.2, -0.15) is 0 Å². The lowest BCUT2D eigenvalue weighted by atomic mass is 9.38. The van der Waals surface area contributed by atoms with Gasteiger partial charge in [0.15, 0.2) is 0 Å². The molecule has 25 heavy (non-hydrogen) atoms. The molecule has 3 heteroatoms. The first kappa shape index (κ1) is 15.7. The second-order valence-corrected chi connectivity index (χ2v) is 10.6. The van der Waals surface area contributed by atoms with Crippen molar-refractivity contribution in [3.8, 4) is 0 Å². The van der Waals surface area contributed by atoms with Crippen LogP contribution < -0.4 is 0 Å². The van der Waals surface area contributed by atoms with Crippen molar-refractivity contribution in [2.75, 3.05) is 19.7 Å². The van der Waals surface area contributed by atoms with E-state index in [2.05, 4.69) is 18.4 Å². The van der Waals surface area contributed by atoms with Gasteiger partial charge in [-0.3, -0.25) is 4.90 Å². The molecule has 1 N–H and O–H groups in total. The summed E-state index contributed by atoms with van der Waals surface area (Å²) in [5.74, 6) is 2.09. The van der Waals surface area contributed by atoms with Gasteiger partial charge in [0, 0.05) is 23.9 Å². The highest BCUT2D eigenvalue weighted by Gasteiger charge is 2.71. The van der Waals surface area contributed by atoms with Gasteiger partial charge in [0.05, 0.1) is 12.7 Å². The maximum absolute atomic E-state index is 11.3. The van der Waals surface area contributed by atoms with Crippen LogP contribution in [0.4, 0.5) is 0 Å². The Bertz CT molecular complexity index is 634. The van der Waals surface area contributed by atoms with E-state index in [4.69, 9.17) is 4.74 Å². The number of nitrogens with zero attached hydrogens (tertiary/aromatic N) is 1. The van der Waals surface area contributed by atoms with Gasteiger partial charge in [0.25, 0.3) is 0 Å². The van der Waals surface area contributed by atoms with Crippen LogP contribution in [-0.2, 0) is 4.74 Å². The fourth-order valence-electron chi connectivity index (χ4n) is 9.34. The fraction of sp³-hybridized carbons (Fsp3) is 0.909. The third-order valence-corrected chi connectivity index (χ3v) is 10.0. The average Bonchev–Trinajstić information content (AvgIpc) is 3.13. The Balaban J connectivity index is 1.49. The lowest BCUT2D eigenvalue weighted by Crippen LogP contribution is -2.70. The average molecular weight is 344 g/mol. The first-order chi connectivity index (χ1) is 12.0. The smallest absolute Gasteiger partial charge is 0.116 e. The van der Waals surface area contributed by atoms with Gasteiger partial charge >= 0.3 is 0 Å². The minimum absolute atomic E-state index is 0.155. The van der Waals surface area contributed by atoms with Crippen molar-refractivity contribution in [3.63, 3.8) is 0 Å². The lowest BCUT2D eigenvalue weighted by Gasteiger charge is -2.70. The van der Waals surface area contributed by atoms with Crippen molar-refractivity contribution in [1.29, 1.82) is 0 Å². The third kappa shape index (κ3) is 1.62. The van der Waals surface area contributed by atoms with E-state index in [1.165, 1.54) is 63.5 Å². The molecule has 0 aromatic carbocycles. The monoisotopic (exact) mass is 343 g/mol. The molecule has 2 aliphatic heterocycles. The van der Waals surface area contributed by atoms with Gasteiger partial charge in [-0.15, -0.1) is 0 Å². The van der Waals surface area contributed by atoms with Gasteiger partial charge in [-0.1, -0.05) is 19.9 Å². The second kappa shape index (κ2) is 4.72. The van der Waals surface area contributed by atoms with Crippen molar-refractivity contribution < 1.29 is 9.84 Å². The molecule has 6 fully saturated rings. The lowest BCUT2D eigenvalue weighted by molar-refractivity contribution is -0.259. The zero-order valence-corrected chi connectivity index (χ0v) is 15.7. The molecule has 6 rings (SSSR count). The zero-order valence-electron chi connectivity index (χ0n) is 15.7. The zero-order chi connectivity index (χ0) is 17.0. The molecule has 8 atom stereocenters. The van der Waals surface area contributed by atoms with E-state index in [1.807, 2.05) is 0 Å². The second-order valence-electron chi connectivity index (χ2n) is 10.6. The van der Waals surface area contributed by atoms with Crippen LogP contribution in [0.25, 0.3) is 0 Å². The van der Waals surface area contributed by atoms with Crippen molar-refractivity contribution in [3.05, 3.63) is 12.2 Å². The number of rotatable bonds is 0. The van der Waals surface area contributed by atoms with Crippen LogP contribution in [0.1, 0.15) is 58.3 Å². The third-order valence-electron chi connectivity index (χ3n) is 10.0. The highest BCUT2D eigenvalue weighted by Crippen LogP contribution is 2.74. The van der Waals surface area contributed by atoms with Gasteiger partial charge < -0.3 is 9.84 Å². The molecule has 138 valence electrons. The number of hydrogen-bond acceptors (Lipinski definition) is 3. The summed E-state index contributed by atoms with van der Waals surface area (Å²) in [5, 5.41) is 11.3. The highest BCUT2D eigenvalue weighted by molar-refractivity contribution is 5.28. The molecule has 6 aliphatic rings.